The summed E-state index contributed by atoms with van der Waals surface area (Å²) in [6.45, 7) is 3.48. The molecule has 0 aliphatic heterocycles. The summed E-state index contributed by atoms with van der Waals surface area (Å²) in [7, 11) is 0. The topological polar surface area (TPSA) is 84.0 Å². The summed E-state index contributed by atoms with van der Waals surface area (Å²) >= 11 is 1.37. The summed E-state index contributed by atoms with van der Waals surface area (Å²) in [5.74, 6) is -0.456. The van der Waals surface area contributed by atoms with Gasteiger partial charge in [0.05, 0.1) is 0 Å². The number of carbonyl (C=O) groups excluding carboxylic acids is 2. The monoisotopic (exact) mass is 304 g/mol. The van der Waals surface area contributed by atoms with E-state index in [1.165, 1.54) is 18.3 Å². The molecule has 1 aromatic carbocycles. The third-order valence-electron chi connectivity index (χ3n) is 2.60. The van der Waals surface area contributed by atoms with Gasteiger partial charge in [0, 0.05) is 24.6 Å². The minimum atomic E-state index is -0.276. The number of amides is 2. The molecule has 0 fully saturated rings. The van der Waals surface area contributed by atoms with Crippen molar-refractivity contribution in [2.75, 3.05) is 10.6 Å². The summed E-state index contributed by atoms with van der Waals surface area (Å²) in [4.78, 5) is 23.2. The average Bonchev–Trinajstić information content (AvgIpc) is 2.86. The first-order chi connectivity index (χ1) is 10.1. The molecular formula is C14H16N4O2S. The number of hydrogen-bond acceptors (Lipinski definition) is 5. The van der Waals surface area contributed by atoms with Gasteiger partial charge in [-0.3, -0.25) is 14.9 Å². The van der Waals surface area contributed by atoms with Gasteiger partial charge in [0.2, 0.25) is 11.0 Å². The molecule has 2 aromatic rings. The van der Waals surface area contributed by atoms with E-state index in [0.29, 0.717) is 16.4 Å². The standard InChI is InChI=1S/C14H16N4O2S/c1-3-5-12-17-18-14(21-12)16-13(20)10-6-4-7-11(8-10)15-9(2)19/h4,6-8H,3,5H2,1-2H3,(H,15,19)(H,16,18,20). The van der Waals surface area contributed by atoms with Gasteiger partial charge in [-0.1, -0.05) is 24.3 Å². The van der Waals surface area contributed by atoms with Crippen LogP contribution >= 0.6 is 11.3 Å². The van der Waals surface area contributed by atoms with Crippen LogP contribution in [-0.4, -0.2) is 22.0 Å². The van der Waals surface area contributed by atoms with Crippen molar-refractivity contribution >= 4 is 34.0 Å². The second-order valence-corrected chi connectivity index (χ2v) is 5.53. The first-order valence-electron chi connectivity index (χ1n) is 6.60. The fourth-order valence-corrected chi connectivity index (χ4v) is 2.57. The molecule has 21 heavy (non-hydrogen) atoms. The average molecular weight is 304 g/mol. The molecule has 0 saturated heterocycles. The zero-order valence-electron chi connectivity index (χ0n) is 11.8. The molecule has 0 aliphatic rings. The molecule has 0 bridgehead atoms. The van der Waals surface area contributed by atoms with Crippen LogP contribution < -0.4 is 10.6 Å². The van der Waals surface area contributed by atoms with Crippen molar-refractivity contribution in [1.82, 2.24) is 10.2 Å². The molecule has 0 saturated carbocycles. The highest BCUT2D eigenvalue weighted by Gasteiger charge is 2.10. The van der Waals surface area contributed by atoms with E-state index in [1.807, 2.05) is 0 Å². The number of carbonyl (C=O) groups is 2. The smallest absolute Gasteiger partial charge is 0.257 e. The fraction of sp³-hybridized carbons (Fsp3) is 0.286. The second kappa shape index (κ2) is 6.94. The van der Waals surface area contributed by atoms with Crippen LogP contribution in [0.25, 0.3) is 0 Å². The maximum atomic E-state index is 12.1. The Balaban J connectivity index is 2.06. The van der Waals surface area contributed by atoms with Crippen LogP contribution in [0.2, 0.25) is 0 Å². The minimum absolute atomic E-state index is 0.180. The largest absolute Gasteiger partial charge is 0.326 e. The number of hydrogen-bond donors (Lipinski definition) is 2. The second-order valence-electron chi connectivity index (χ2n) is 4.47. The molecule has 1 aromatic heterocycles. The van der Waals surface area contributed by atoms with Crippen LogP contribution in [0, 0.1) is 0 Å². The van der Waals surface area contributed by atoms with Crippen LogP contribution in [0.5, 0.6) is 0 Å². The molecule has 110 valence electrons. The molecule has 6 nitrogen and oxygen atoms in total. The van der Waals surface area contributed by atoms with Gasteiger partial charge in [-0.05, 0) is 24.6 Å². The lowest BCUT2D eigenvalue weighted by molar-refractivity contribution is -0.114. The zero-order valence-corrected chi connectivity index (χ0v) is 12.7. The Kier molecular flexibility index (Phi) is 4.99. The SMILES string of the molecule is CCCc1nnc(NC(=O)c2cccc(NC(C)=O)c2)s1. The molecule has 7 heteroatoms. The van der Waals surface area contributed by atoms with Gasteiger partial charge in [0.15, 0.2) is 0 Å². The van der Waals surface area contributed by atoms with Gasteiger partial charge in [0.1, 0.15) is 5.01 Å². The molecule has 1 heterocycles. The predicted molar refractivity (Wildman–Crippen MR) is 82.6 cm³/mol. The Hall–Kier alpha value is -2.28. The number of anilines is 2. The summed E-state index contributed by atoms with van der Waals surface area (Å²) in [6, 6.07) is 6.73. The van der Waals surface area contributed by atoms with Crippen molar-refractivity contribution in [2.45, 2.75) is 26.7 Å². The Labute approximate surface area is 126 Å². The summed E-state index contributed by atoms with van der Waals surface area (Å²) in [6.07, 6.45) is 1.84. The Bertz CT molecular complexity index is 654. The lowest BCUT2D eigenvalue weighted by Crippen LogP contribution is -2.13. The minimum Gasteiger partial charge on any atom is -0.326 e. The number of rotatable bonds is 5. The van der Waals surface area contributed by atoms with Crippen molar-refractivity contribution in [1.29, 1.82) is 0 Å². The maximum Gasteiger partial charge on any atom is 0.257 e. The lowest BCUT2D eigenvalue weighted by Gasteiger charge is -2.05. The zero-order chi connectivity index (χ0) is 15.2. The maximum absolute atomic E-state index is 12.1. The molecule has 0 radical (unpaired) electrons. The normalized spacial score (nSPS) is 10.2. The van der Waals surface area contributed by atoms with E-state index in [4.69, 9.17) is 0 Å². The van der Waals surface area contributed by atoms with E-state index in [-0.39, 0.29) is 11.8 Å². The van der Waals surface area contributed by atoms with Crippen LogP contribution in [-0.2, 0) is 11.2 Å². The number of aryl methyl sites for hydroxylation is 1. The molecule has 2 amide bonds. The van der Waals surface area contributed by atoms with Crippen molar-refractivity contribution in [3.8, 4) is 0 Å². The first-order valence-corrected chi connectivity index (χ1v) is 7.41. The van der Waals surface area contributed by atoms with Gasteiger partial charge < -0.3 is 5.32 Å². The van der Waals surface area contributed by atoms with E-state index in [9.17, 15) is 9.59 Å². The van der Waals surface area contributed by atoms with E-state index in [1.54, 1.807) is 24.3 Å². The van der Waals surface area contributed by atoms with Gasteiger partial charge in [-0.2, -0.15) is 0 Å². The Morgan fingerprint density at radius 3 is 2.76 bits per heavy atom. The first kappa shape index (κ1) is 15.1. The van der Waals surface area contributed by atoms with E-state index in [2.05, 4.69) is 27.8 Å². The van der Waals surface area contributed by atoms with Gasteiger partial charge in [0.25, 0.3) is 5.91 Å². The summed E-state index contributed by atoms with van der Waals surface area (Å²) in [5.41, 5.74) is 1.03. The lowest BCUT2D eigenvalue weighted by atomic mass is 10.2. The van der Waals surface area contributed by atoms with Crippen molar-refractivity contribution in [2.24, 2.45) is 0 Å². The highest BCUT2D eigenvalue weighted by atomic mass is 32.1. The van der Waals surface area contributed by atoms with Gasteiger partial charge in [-0.25, -0.2) is 0 Å². The van der Waals surface area contributed by atoms with Crippen LogP contribution in [0.3, 0.4) is 0 Å². The molecular weight excluding hydrogens is 288 g/mol. The predicted octanol–water partition coefficient (Wildman–Crippen LogP) is 2.70. The fourth-order valence-electron chi connectivity index (χ4n) is 1.73. The number of nitrogens with one attached hydrogen (secondary N) is 2. The van der Waals surface area contributed by atoms with Crippen LogP contribution in [0.1, 0.15) is 35.6 Å². The van der Waals surface area contributed by atoms with E-state index < -0.39 is 0 Å². The third kappa shape index (κ3) is 4.35. The highest BCUT2D eigenvalue weighted by molar-refractivity contribution is 7.15. The Morgan fingerprint density at radius 2 is 2.05 bits per heavy atom. The number of benzene rings is 1. The molecule has 0 atom stereocenters. The van der Waals surface area contributed by atoms with Crippen LogP contribution in [0.4, 0.5) is 10.8 Å². The molecule has 0 unspecified atom stereocenters. The molecule has 0 aliphatic carbocycles. The van der Waals surface area contributed by atoms with Crippen molar-refractivity contribution in [3.63, 3.8) is 0 Å². The van der Waals surface area contributed by atoms with Crippen LogP contribution in [0.15, 0.2) is 24.3 Å². The van der Waals surface area contributed by atoms with Gasteiger partial charge in [-0.15, -0.1) is 10.2 Å². The van der Waals surface area contributed by atoms with E-state index in [0.717, 1.165) is 17.8 Å². The van der Waals surface area contributed by atoms with Gasteiger partial charge >= 0.3 is 0 Å². The van der Waals surface area contributed by atoms with E-state index >= 15 is 0 Å². The molecule has 2 N–H and O–H groups in total. The molecule has 0 spiro atoms. The Morgan fingerprint density at radius 1 is 1.24 bits per heavy atom. The quantitative estimate of drug-likeness (QED) is 0.889. The third-order valence-corrected chi connectivity index (χ3v) is 3.49. The number of nitrogens with zero attached hydrogens (tertiary/aromatic N) is 2. The molecule has 2 rings (SSSR count). The highest BCUT2D eigenvalue weighted by Crippen LogP contribution is 2.18. The summed E-state index contributed by atoms with van der Waals surface area (Å²) in [5, 5.41) is 14.7. The van der Waals surface area contributed by atoms with Crippen molar-refractivity contribution < 1.29 is 9.59 Å². The van der Waals surface area contributed by atoms with Crippen molar-refractivity contribution in [3.05, 3.63) is 34.8 Å². The number of aromatic nitrogens is 2. The summed E-state index contributed by atoms with van der Waals surface area (Å²) < 4.78 is 0.